The average Bonchev–Trinajstić information content (AvgIpc) is 2.40. The van der Waals surface area contributed by atoms with E-state index in [9.17, 15) is 8.42 Å². The number of hydrogen-bond donors (Lipinski definition) is 1. The molecule has 1 heterocycles. The Morgan fingerprint density at radius 1 is 1.21 bits per heavy atom. The van der Waals surface area contributed by atoms with Crippen molar-refractivity contribution in [3.63, 3.8) is 0 Å². The van der Waals surface area contributed by atoms with Crippen LogP contribution in [0.25, 0.3) is 0 Å². The van der Waals surface area contributed by atoms with Gasteiger partial charge in [-0.3, -0.25) is 0 Å². The zero-order valence-corrected chi connectivity index (χ0v) is 12.1. The van der Waals surface area contributed by atoms with Crippen molar-refractivity contribution in [1.82, 2.24) is 0 Å². The summed E-state index contributed by atoms with van der Waals surface area (Å²) in [7, 11) is -3.11. The molecule has 1 fully saturated rings. The minimum Gasteiger partial charge on any atom is -0.382 e. The van der Waals surface area contributed by atoms with Crippen molar-refractivity contribution in [3.05, 3.63) is 24.3 Å². The lowest BCUT2D eigenvalue weighted by atomic mass is 10.1. The van der Waals surface area contributed by atoms with E-state index in [0.29, 0.717) is 17.4 Å². The lowest BCUT2D eigenvalue weighted by Gasteiger charge is -2.24. The van der Waals surface area contributed by atoms with Gasteiger partial charge in [0.1, 0.15) is 0 Å². The Bertz CT molecular complexity index is 490. The van der Waals surface area contributed by atoms with E-state index in [1.807, 2.05) is 19.1 Å². The summed E-state index contributed by atoms with van der Waals surface area (Å²) in [4.78, 5) is 0.409. The van der Waals surface area contributed by atoms with Crippen molar-refractivity contribution in [2.75, 3.05) is 24.3 Å². The second-order valence-electron chi connectivity index (χ2n) is 4.87. The van der Waals surface area contributed by atoms with Crippen LogP contribution in [0.5, 0.6) is 0 Å². The predicted molar refractivity (Wildman–Crippen MR) is 76.2 cm³/mol. The largest absolute Gasteiger partial charge is 0.382 e. The number of anilines is 1. The van der Waals surface area contributed by atoms with Crippen LogP contribution in [0.3, 0.4) is 0 Å². The number of hydrogen-bond acceptors (Lipinski definition) is 4. The van der Waals surface area contributed by atoms with Gasteiger partial charge in [-0.25, -0.2) is 8.42 Å². The molecule has 1 aliphatic heterocycles. The van der Waals surface area contributed by atoms with Crippen molar-refractivity contribution in [1.29, 1.82) is 0 Å². The first-order valence-corrected chi connectivity index (χ1v) is 8.44. The summed E-state index contributed by atoms with van der Waals surface area (Å²) < 4.78 is 29.1. The van der Waals surface area contributed by atoms with E-state index in [0.717, 1.165) is 31.7 Å². The zero-order chi connectivity index (χ0) is 13.7. The van der Waals surface area contributed by atoms with E-state index in [4.69, 9.17) is 4.74 Å². The quantitative estimate of drug-likeness (QED) is 0.902. The minimum absolute atomic E-state index is 0.208. The van der Waals surface area contributed by atoms with Crippen LogP contribution in [0, 0.1) is 0 Å². The average molecular weight is 283 g/mol. The Kier molecular flexibility index (Phi) is 4.82. The Labute approximate surface area is 115 Å². The van der Waals surface area contributed by atoms with E-state index >= 15 is 0 Å². The van der Waals surface area contributed by atoms with Gasteiger partial charge in [0.2, 0.25) is 0 Å². The molecule has 0 bridgehead atoms. The Hall–Kier alpha value is -1.07. The first-order chi connectivity index (χ1) is 9.12. The van der Waals surface area contributed by atoms with E-state index in [1.165, 1.54) is 0 Å². The smallest absolute Gasteiger partial charge is 0.178 e. The Morgan fingerprint density at radius 3 is 2.42 bits per heavy atom. The van der Waals surface area contributed by atoms with Gasteiger partial charge in [0.05, 0.1) is 10.6 Å². The highest BCUT2D eigenvalue weighted by Gasteiger charge is 2.15. The molecule has 19 heavy (non-hydrogen) atoms. The molecule has 0 aliphatic carbocycles. The van der Waals surface area contributed by atoms with Crippen LogP contribution in [0.15, 0.2) is 29.2 Å². The van der Waals surface area contributed by atoms with Crippen LogP contribution in [-0.4, -0.2) is 33.4 Å². The molecule has 0 spiro atoms. The van der Waals surface area contributed by atoms with E-state index in [2.05, 4.69) is 5.32 Å². The second-order valence-corrected chi connectivity index (χ2v) is 6.98. The number of ether oxygens (including phenoxy) is 1. The first-order valence-electron chi connectivity index (χ1n) is 6.79. The van der Waals surface area contributed by atoms with Crippen molar-refractivity contribution in [2.45, 2.75) is 37.1 Å². The highest BCUT2D eigenvalue weighted by Crippen LogP contribution is 2.19. The summed E-state index contributed by atoms with van der Waals surface area (Å²) in [5.74, 6) is 0.208. The third-order valence-corrected chi connectivity index (χ3v) is 5.21. The van der Waals surface area contributed by atoms with Crippen LogP contribution in [-0.2, 0) is 14.6 Å². The Morgan fingerprint density at radius 2 is 1.84 bits per heavy atom. The molecule has 2 rings (SSSR count). The monoisotopic (exact) mass is 283 g/mol. The summed E-state index contributed by atoms with van der Waals surface area (Å²) in [5.41, 5.74) is 0.974. The van der Waals surface area contributed by atoms with Crippen LogP contribution in [0.4, 0.5) is 5.69 Å². The highest BCUT2D eigenvalue weighted by atomic mass is 32.2. The molecule has 0 aromatic heterocycles. The molecule has 106 valence electrons. The summed E-state index contributed by atoms with van der Waals surface area (Å²) in [6.45, 7) is 3.46. The summed E-state index contributed by atoms with van der Waals surface area (Å²) in [6.07, 6.45) is 2.64. The fourth-order valence-corrected chi connectivity index (χ4v) is 3.55. The maximum absolute atomic E-state index is 11.9. The highest BCUT2D eigenvalue weighted by molar-refractivity contribution is 7.91. The van der Waals surface area contributed by atoms with Crippen molar-refractivity contribution in [3.8, 4) is 0 Å². The first kappa shape index (κ1) is 14.3. The Balaban J connectivity index is 2.01. The summed E-state index contributed by atoms with van der Waals surface area (Å²) in [6, 6.07) is 7.49. The molecule has 5 heteroatoms. The minimum atomic E-state index is -3.11. The molecule has 0 radical (unpaired) electrons. The maximum atomic E-state index is 11.9. The number of sulfone groups is 1. The van der Waals surface area contributed by atoms with Crippen LogP contribution in [0.1, 0.15) is 26.2 Å². The number of nitrogens with one attached hydrogen (secondary N) is 1. The lowest BCUT2D eigenvalue weighted by molar-refractivity contribution is 0.0904. The molecular formula is C14H21NO3S. The van der Waals surface area contributed by atoms with Crippen LogP contribution < -0.4 is 5.32 Å². The molecule has 0 atom stereocenters. The van der Waals surface area contributed by atoms with Gasteiger partial charge in [-0.1, -0.05) is 6.92 Å². The van der Waals surface area contributed by atoms with Crippen LogP contribution in [0.2, 0.25) is 0 Å². The molecule has 0 saturated carbocycles. The molecule has 1 N–H and O–H groups in total. The van der Waals surface area contributed by atoms with Crippen molar-refractivity contribution < 1.29 is 13.2 Å². The fraction of sp³-hybridized carbons (Fsp3) is 0.571. The van der Waals surface area contributed by atoms with Gasteiger partial charge in [-0.2, -0.15) is 0 Å². The fourth-order valence-electron chi connectivity index (χ4n) is 2.22. The third-order valence-electron chi connectivity index (χ3n) is 3.28. The molecule has 4 nitrogen and oxygen atoms in total. The summed E-state index contributed by atoms with van der Waals surface area (Å²) in [5, 5.41) is 3.42. The van der Waals surface area contributed by atoms with Gasteiger partial charge >= 0.3 is 0 Å². The lowest BCUT2D eigenvalue weighted by Crippen LogP contribution is -2.27. The van der Waals surface area contributed by atoms with Gasteiger partial charge in [0.15, 0.2) is 9.84 Å². The van der Waals surface area contributed by atoms with E-state index in [1.54, 1.807) is 12.1 Å². The topological polar surface area (TPSA) is 55.4 Å². The molecule has 1 aliphatic rings. The van der Waals surface area contributed by atoms with Gasteiger partial charge < -0.3 is 10.1 Å². The SMILES string of the molecule is CCCS(=O)(=O)c1ccc(NC2CCOCC2)cc1. The number of benzene rings is 1. The van der Waals surface area contributed by atoms with Crippen LogP contribution >= 0.6 is 0 Å². The molecule has 0 amide bonds. The maximum Gasteiger partial charge on any atom is 0.178 e. The number of rotatable bonds is 5. The molecule has 1 aromatic rings. The van der Waals surface area contributed by atoms with Gasteiger partial charge in [-0.15, -0.1) is 0 Å². The summed E-state index contributed by atoms with van der Waals surface area (Å²) >= 11 is 0. The van der Waals surface area contributed by atoms with Crippen molar-refractivity contribution in [2.24, 2.45) is 0 Å². The van der Waals surface area contributed by atoms with Gasteiger partial charge in [0, 0.05) is 24.9 Å². The van der Waals surface area contributed by atoms with Gasteiger partial charge in [-0.05, 0) is 43.5 Å². The molecule has 1 saturated heterocycles. The molecular weight excluding hydrogens is 262 g/mol. The third kappa shape index (κ3) is 3.94. The molecule has 0 unspecified atom stereocenters. The van der Waals surface area contributed by atoms with E-state index < -0.39 is 9.84 Å². The van der Waals surface area contributed by atoms with Gasteiger partial charge in [0.25, 0.3) is 0 Å². The molecule has 1 aromatic carbocycles. The van der Waals surface area contributed by atoms with Crippen molar-refractivity contribution >= 4 is 15.5 Å². The standard InChI is InChI=1S/C14H21NO3S/c1-2-11-19(16,17)14-5-3-12(4-6-14)15-13-7-9-18-10-8-13/h3-6,13,15H,2,7-11H2,1H3. The second kappa shape index (κ2) is 6.39. The normalized spacial score (nSPS) is 17.3. The van der Waals surface area contributed by atoms with E-state index in [-0.39, 0.29) is 5.75 Å². The predicted octanol–water partition coefficient (Wildman–Crippen LogP) is 2.46. The zero-order valence-electron chi connectivity index (χ0n) is 11.3.